The van der Waals surface area contributed by atoms with Gasteiger partial charge in [-0.15, -0.1) is 0 Å². The maximum atomic E-state index is 5.79. The number of ether oxygens (including phenoxy) is 1. The first-order chi connectivity index (χ1) is 7.74. The van der Waals surface area contributed by atoms with Crippen LogP contribution in [-0.4, -0.2) is 0 Å². The Hall–Kier alpha value is -1.47. The summed E-state index contributed by atoms with van der Waals surface area (Å²) in [6, 6.07) is 15.7. The van der Waals surface area contributed by atoms with Gasteiger partial charge in [0.25, 0.3) is 0 Å². The Morgan fingerprint density at radius 3 is 2.19 bits per heavy atom. The molecule has 0 saturated heterocycles. The van der Waals surface area contributed by atoms with Crippen molar-refractivity contribution < 1.29 is 4.74 Å². The SMILES string of the molecule is Cc1ccc(COc2ccc(Cl)cc2)cc1. The molecule has 0 spiro atoms. The van der Waals surface area contributed by atoms with Crippen molar-refractivity contribution in [2.75, 3.05) is 0 Å². The standard InChI is InChI=1S/C14H13ClO/c1-11-2-4-12(5-3-11)10-16-14-8-6-13(15)7-9-14/h2-9H,10H2,1H3. The lowest BCUT2D eigenvalue weighted by Crippen LogP contribution is -1.94. The highest BCUT2D eigenvalue weighted by atomic mass is 35.5. The second-order valence-electron chi connectivity index (χ2n) is 3.73. The molecule has 0 aliphatic rings. The van der Waals surface area contributed by atoms with E-state index in [0.29, 0.717) is 6.61 Å². The van der Waals surface area contributed by atoms with Gasteiger partial charge in [0.05, 0.1) is 0 Å². The van der Waals surface area contributed by atoms with Crippen LogP contribution in [0.5, 0.6) is 5.75 Å². The molecule has 0 N–H and O–H groups in total. The molecule has 0 amide bonds. The molecular weight excluding hydrogens is 220 g/mol. The monoisotopic (exact) mass is 232 g/mol. The molecule has 0 fully saturated rings. The van der Waals surface area contributed by atoms with Gasteiger partial charge in [-0.25, -0.2) is 0 Å². The maximum Gasteiger partial charge on any atom is 0.119 e. The zero-order valence-electron chi connectivity index (χ0n) is 9.11. The summed E-state index contributed by atoms with van der Waals surface area (Å²) in [6.07, 6.45) is 0. The summed E-state index contributed by atoms with van der Waals surface area (Å²) in [6.45, 7) is 2.66. The van der Waals surface area contributed by atoms with Crippen molar-refractivity contribution in [2.45, 2.75) is 13.5 Å². The predicted molar refractivity (Wildman–Crippen MR) is 67.0 cm³/mol. The van der Waals surface area contributed by atoms with E-state index in [1.165, 1.54) is 11.1 Å². The van der Waals surface area contributed by atoms with Crippen LogP contribution >= 0.6 is 11.6 Å². The molecule has 82 valence electrons. The molecule has 16 heavy (non-hydrogen) atoms. The van der Waals surface area contributed by atoms with Crippen LogP contribution in [0.15, 0.2) is 48.5 Å². The largest absolute Gasteiger partial charge is 0.489 e. The third kappa shape index (κ3) is 3.01. The third-order valence-corrected chi connectivity index (χ3v) is 2.59. The normalized spacial score (nSPS) is 10.1. The van der Waals surface area contributed by atoms with E-state index in [0.717, 1.165) is 10.8 Å². The second-order valence-corrected chi connectivity index (χ2v) is 4.16. The average molecular weight is 233 g/mol. The van der Waals surface area contributed by atoms with E-state index in [1.54, 1.807) is 0 Å². The molecule has 0 bridgehead atoms. The number of benzene rings is 2. The first-order valence-corrected chi connectivity index (χ1v) is 5.56. The molecule has 2 aromatic carbocycles. The van der Waals surface area contributed by atoms with E-state index in [-0.39, 0.29) is 0 Å². The fourth-order valence-electron chi connectivity index (χ4n) is 1.38. The first-order valence-electron chi connectivity index (χ1n) is 5.18. The molecule has 2 heteroatoms. The van der Waals surface area contributed by atoms with Crippen molar-refractivity contribution in [3.05, 3.63) is 64.7 Å². The average Bonchev–Trinajstić information content (AvgIpc) is 2.30. The van der Waals surface area contributed by atoms with Gasteiger partial charge in [-0.05, 0) is 36.8 Å². The lowest BCUT2D eigenvalue weighted by atomic mass is 10.2. The number of hydrogen-bond acceptors (Lipinski definition) is 1. The van der Waals surface area contributed by atoms with Crippen molar-refractivity contribution in [3.8, 4) is 5.75 Å². The molecule has 0 aromatic heterocycles. The summed E-state index contributed by atoms with van der Waals surface area (Å²) in [5.41, 5.74) is 2.43. The Morgan fingerprint density at radius 2 is 1.56 bits per heavy atom. The quantitative estimate of drug-likeness (QED) is 0.770. The fourth-order valence-corrected chi connectivity index (χ4v) is 1.51. The maximum absolute atomic E-state index is 5.79. The summed E-state index contributed by atoms with van der Waals surface area (Å²) in [7, 11) is 0. The van der Waals surface area contributed by atoms with Crippen LogP contribution in [0.4, 0.5) is 0 Å². The molecule has 0 radical (unpaired) electrons. The molecule has 1 nitrogen and oxygen atoms in total. The minimum Gasteiger partial charge on any atom is -0.489 e. The molecule has 2 aromatic rings. The van der Waals surface area contributed by atoms with E-state index in [1.807, 2.05) is 24.3 Å². The minimum absolute atomic E-state index is 0.585. The molecule has 0 saturated carbocycles. The highest BCUT2D eigenvalue weighted by Crippen LogP contribution is 2.16. The number of halogens is 1. The van der Waals surface area contributed by atoms with Crippen molar-refractivity contribution in [2.24, 2.45) is 0 Å². The summed E-state index contributed by atoms with van der Waals surface area (Å²) in [5, 5.41) is 0.725. The van der Waals surface area contributed by atoms with Crippen molar-refractivity contribution in [1.29, 1.82) is 0 Å². The Labute approximate surface area is 101 Å². The zero-order chi connectivity index (χ0) is 11.4. The van der Waals surface area contributed by atoms with Gasteiger partial charge in [-0.2, -0.15) is 0 Å². The van der Waals surface area contributed by atoms with Crippen LogP contribution in [0, 0.1) is 6.92 Å². The number of rotatable bonds is 3. The summed E-state index contributed by atoms with van der Waals surface area (Å²) >= 11 is 5.79. The molecule has 0 unspecified atom stereocenters. The van der Waals surface area contributed by atoms with Gasteiger partial charge < -0.3 is 4.74 Å². The zero-order valence-corrected chi connectivity index (χ0v) is 9.87. The van der Waals surface area contributed by atoms with E-state index in [2.05, 4.69) is 31.2 Å². The van der Waals surface area contributed by atoms with Gasteiger partial charge in [0.15, 0.2) is 0 Å². The summed E-state index contributed by atoms with van der Waals surface area (Å²) in [4.78, 5) is 0. The van der Waals surface area contributed by atoms with E-state index < -0.39 is 0 Å². The van der Waals surface area contributed by atoms with Crippen LogP contribution in [-0.2, 0) is 6.61 Å². The molecule has 2 rings (SSSR count). The molecule has 0 atom stereocenters. The second kappa shape index (κ2) is 5.04. The number of aryl methyl sites for hydroxylation is 1. The van der Waals surface area contributed by atoms with Gasteiger partial charge >= 0.3 is 0 Å². The van der Waals surface area contributed by atoms with Crippen molar-refractivity contribution >= 4 is 11.6 Å². The molecular formula is C14H13ClO. The highest BCUT2D eigenvalue weighted by molar-refractivity contribution is 6.30. The van der Waals surface area contributed by atoms with Crippen LogP contribution in [0.3, 0.4) is 0 Å². The third-order valence-electron chi connectivity index (χ3n) is 2.34. The lowest BCUT2D eigenvalue weighted by Gasteiger charge is -2.06. The van der Waals surface area contributed by atoms with E-state index in [9.17, 15) is 0 Å². The smallest absolute Gasteiger partial charge is 0.119 e. The summed E-state index contributed by atoms with van der Waals surface area (Å²) in [5.74, 6) is 0.838. The van der Waals surface area contributed by atoms with Crippen LogP contribution in [0.2, 0.25) is 5.02 Å². The Morgan fingerprint density at radius 1 is 0.938 bits per heavy atom. The van der Waals surface area contributed by atoms with Crippen LogP contribution < -0.4 is 4.74 Å². The number of hydrogen-bond donors (Lipinski definition) is 0. The van der Waals surface area contributed by atoms with Crippen molar-refractivity contribution in [1.82, 2.24) is 0 Å². The molecule has 0 heterocycles. The fraction of sp³-hybridized carbons (Fsp3) is 0.143. The Bertz CT molecular complexity index is 400. The van der Waals surface area contributed by atoms with Crippen LogP contribution in [0.25, 0.3) is 0 Å². The van der Waals surface area contributed by atoms with E-state index in [4.69, 9.17) is 16.3 Å². The van der Waals surface area contributed by atoms with Gasteiger partial charge in [-0.3, -0.25) is 0 Å². The van der Waals surface area contributed by atoms with Gasteiger partial charge in [0.1, 0.15) is 12.4 Å². The van der Waals surface area contributed by atoms with Crippen LogP contribution in [0.1, 0.15) is 11.1 Å². The molecule has 0 aliphatic heterocycles. The van der Waals surface area contributed by atoms with Gasteiger partial charge in [0, 0.05) is 5.02 Å². The highest BCUT2D eigenvalue weighted by Gasteiger charge is 1.95. The lowest BCUT2D eigenvalue weighted by molar-refractivity contribution is 0.306. The molecule has 0 aliphatic carbocycles. The van der Waals surface area contributed by atoms with Gasteiger partial charge in [0.2, 0.25) is 0 Å². The Kier molecular flexibility index (Phi) is 3.47. The van der Waals surface area contributed by atoms with Crippen molar-refractivity contribution in [3.63, 3.8) is 0 Å². The minimum atomic E-state index is 0.585. The van der Waals surface area contributed by atoms with Gasteiger partial charge in [-0.1, -0.05) is 41.4 Å². The predicted octanol–water partition coefficient (Wildman–Crippen LogP) is 4.23. The van der Waals surface area contributed by atoms with E-state index >= 15 is 0 Å². The Balaban J connectivity index is 1.97. The summed E-state index contributed by atoms with van der Waals surface area (Å²) < 4.78 is 5.63. The first kappa shape index (κ1) is 11.0. The topological polar surface area (TPSA) is 9.23 Å².